The number of fused-ring (bicyclic) bond motifs is 5. The molecular formula is C30H39N5O2. The van der Waals surface area contributed by atoms with Crippen LogP contribution in [0.2, 0.25) is 0 Å². The van der Waals surface area contributed by atoms with Gasteiger partial charge in [0.15, 0.2) is 0 Å². The number of piperidine rings is 2. The third-order valence-corrected chi connectivity index (χ3v) is 10.1. The Morgan fingerprint density at radius 2 is 1.54 bits per heavy atom. The van der Waals surface area contributed by atoms with Gasteiger partial charge in [0.05, 0.1) is 17.9 Å². The highest BCUT2D eigenvalue weighted by Crippen LogP contribution is 2.47. The number of para-hydroxylation sites is 2. The average molecular weight is 502 g/mol. The molecule has 0 spiro atoms. The molecule has 4 heterocycles. The topological polar surface area (TPSA) is 73.7 Å². The van der Waals surface area contributed by atoms with E-state index in [1.807, 2.05) is 19.1 Å². The van der Waals surface area contributed by atoms with Crippen LogP contribution >= 0.6 is 0 Å². The minimum absolute atomic E-state index is 0.362. The van der Waals surface area contributed by atoms with Crippen molar-refractivity contribution in [3.63, 3.8) is 0 Å². The van der Waals surface area contributed by atoms with Crippen LogP contribution in [0.15, 0.2) is 44.9 Å². The first kappa shape index (κ1) is 23.4. The molecule has 1 aromatic carbocycles. The van der Waals surface area contributed by atoms with Crippen LogP contribution in [0.4, 0.5) is 11.4 Å². The van der Waals surface area contributed by atoms with Crippen LogP contribution < -0.4 is 16.1 Å². The highest BCUT2D eigenvalue weighted by Gasteiger charge is 2.46. The van der Waals surface area contributed by atoms with Crippen molar-refractivity contribution in [1.29, 1.82) is 0 Å². The van der Waals surface area contributed by atoms with E-state index in [1.165, 1.54) is 82.4 Å². The Morgan fingerprint density at radius 3 is 2.27 bits per heavy atom. The summed E-state index contributed by atoms with van der Waals surface area (Å²) in [4.78, 5) is 37.6. The van der Waals surface area contributed by atoms with Crippen molar-refractivity contribution >= 4 is 17.2 Å². The first-order valence-electron chi connectivity index (χ1n) is 14.6. The fourth-order valence-corrected chi connectivity index (χ4v) is 8.77. The molecule has 3 aliphatic heterocycles. The summed E-state index contributed by atoms with van der Waals surface area (Å²) in [5, 5.41) is 0. The van der Waals surface area contributed by atoms with E-state index >= 15 is 0 Å². The van der Waals surface area contributed by atoms with E-state index in [4.69, 9.17) is 4.99 Å². The van der Waals surface area contributed by atoms with Gasteiger partial charge in [0.1, 0.15) is 5.84 Å². The fourth-order valence-electron chi connectivity index (χ4n) is 8.77. The number of aromatic nitrogens is 2. The van der Waals surface area contributed by atoms with Crippen molar-refractivity contribution in [3.05, 3.63) is 56.9 Å². The molecule has 1 aromatic heterocycles. The molecule has 6 atom stereocenters. The maximum Gasteiger partial charge on any atom is 0.334 e. The zero-order chi connectivity index (χ0) is 25.1. The summed E-state index contributed by atoms with van der Waals surface area (Å²) < 4.78 is 1.58. The van der Waals surface area contributed by atoms with Crippen LogP contribution in [-0.4, -0.2) is 51.0 Å². The molecule has 7 heteroatoms. The Labute approximate surface area is 218 Å². The van der Waals surface area contributed by atoms with Crippen LogP contribution in [-0.2, 0) is 0 Å². The predicted octanol–water partition coefficient (Wildman–Crippen LogP) is 4.60. The normalized spacial score (nSPS) is 33.5. The summed E-state index contributed by atoms with van der Waals surface area (Å²) >= 11 is 0. The second kappa shape index (κ2) is 9.26. The van der Waals surface area contributed by atoms with Crippen molar-refractivity contribution in [1.82, 2.24) is 14.5 Å². The molecule has 7 rings (SSSR count). The van der Waals surface area contributed by atoms with Gasteiger partial charge in [-0.25, -0.2) is 9.79 Å². The number of anilines is 1. The maximum absolute atomic E-state index is 12.8. The van der Waals surface area contributed by atoms with Crippen molar-refractivity contribution in [3.8, 4) is 0 Å². The molecule has 0 amide bonds. The summed E-state index contributed by atoms with van der Waals surface area (Å²) in [6.45, 7) is 2.40. The van der Waals surface area contributed by atoms with Crippen molar-refractivity contribution in [2.75, 3.05) is 11.4 Å². The number of H-pyrrole nitrogens is 1. The maximum atomic E-state index is 12.8. The van der Waals surface area contributed by atoms with Gasteiger partial charge in [-0.05, 0) is 75.8 Å². The Kier molecular flexibility index (Phi) is 5.87. The molecule has 2 saturated heterocycles. The highest BCUT2D eigenvalue weighted by molar-refractivity contribution is 5.96. The molecule has 0 radical (unpaired) electrons. The predicted molar refractivity (Wildman–Crippen MR) is 147 cm³/mol. The van der Waals surface area contributed by atoms with Gasteiger partial charge in [-0.3, -0.25) is 19.2 Å². The lowest BCUT2D eigenvalue weighted by molar-refractivity contribution is -0.0407. The van der Waals surface area contributed by atoms with Gasteiger partial charge in [0.25, 0.3) is 5.56 Å². The van der Waals surface area contributed by atoms with Gasteiger partial charge in [0, 0.05) is 35.9 Å². The highest BCUT2D eigenvalue weighted by atomic mass is 16.2. The number of hydrogen-bond acceptors (Lipinski definition) is 5. The quantitative estimate of drug-likeness (QED) is 0.653. The van der Waals surface area contributed by atoms with E-state index < -0.39 is 5.69 Å². The van der Waals surface area contributed by atoms with Gasteiger partial charge in [-0.1, -0.05) is 37.8 Å². The molecule has 4 bridgehead atoms. The Hall–Kier alpha value is -2.67. The van der Waals surface area contributed by atoms with Gasteiger partial charge < -0.3 is 4.90 Å². The molecule has 37 heavy (non-hydrogen) atoms. The third kappa shape index (κ3) is 4.19. The zero-order valence-corrected chi connectivity index (χ0v) is 21.9. The van der Waals surface area contributed by atoms with Crippen LogP contribution in [0, 0.1) is 18.8 Å². The number of rotatable bonds is 2. The Bertz CT molecular complexity index is 1300. The largest absolute Gasteiger partial charge is 0.359 e. The molecule has 1 N–H and O–H groups in total. The summed E-state index contributed by atoms with van der Waals surface area (Å²) in [6, 6.07) is 12.4. The molecule has 2 saturated carbocycles. The molecule has 2 aliphatic carbocycles. The lowest BCUT2D eigenvalue weighted by atomic mass is 9.68. The standard InChI is InChI=1S/C30H39N5O2/c1-19-12-29(36)32-30(37)34(19)28-18-33(27-11-3-2-10-26(27)31-28)24-16-22-8-5-9-23(17-24)35(22)25-14-20-6-4-7-21(13-20)15-25/h2-3,10-12,20-25H,4-9,13-18H2,1H3,(H,32,36,37)/t20-,21+,22-,23+,24?,25?. The van der Waals surface area contributed by atoms with Crippen LogP contribution in [0.1, 0.15) is 76.3 Å². The van der Waals surface area contributed by atoms with E-state index in [0.29, 0.717) is 36.2 Å². The number of nitrogens with zero attached hydrogens (tertiary/aromatic N) is 4. The molecule has 4 fully saturated rings. The SMILES string of the molecule is Cc1cc(=O)[nH]c(=O)n1C1=Nc2ccccc2N(C2C[C@H]3CCC[C@@H](C2)N3C2C[C@H]3CCC[C@@H](C2)C3)C1. The number of aryl methyl sites for hydroxylation is 1. The fraction of sp³-hybridized carbons (Fsp3) is 0.633. The molecule has 2 unspecified atom stereocenters. The summed E-state index contributed by atoms with van der Waals surface area (Å²) in [5.74, 6) is 2.62. The van der Waals surface area contributed by atoms with E-state index in [9.17, 15) is 9.59 Å². The van der Waals surface area contributed by atoms with E-state index in [1.54, 1.807) is 4.57 Å². The lowest BCUT2D eigenvalue weighted by Crippen LogP contribution is -2.62. The van der Waals surface area contributed by atoms with Crippen LogP contribution in [0.3, 0.4) is 0 Å². The molecule has 7 nitrogen and oxygen atoms in total. The van der Waals surface area contributed by atoms with Gasteiger partial charge >= 0.3 is 5.69 Å². The third-order valence-electron chi connectivity index (χ3n) is 10.1. The van der Waals surface area contributed by atoms with E-state index in [-0.39, 0.29) is 5.56 Å². The molecule has 2 aromatic rings. The minimum Gasteiger partial charge on any atom is -0.359 e. The minimum atomic E-state index is -0.405. The van der Waals surface area contributed by atoms with Crippen molar-refractivity contribution < 1.29 is 0 Å². The average Bonchev–Trinajstić information content (AvgIpc) is 2.86. The summed E-state index contributed by atoms with van der Waals surface area (Å²) in [7, 11) is 0. The lowest BCUT2D eigenvalue weighted by Gasteiger charge is -2.57. The number of aliphatic imine (C=N–C) groups is 1. The first-order valence-corrected chi connectivity index (χ1v) is 14.6. The molecule has 5 aliphatic rings. The first-order chi connectivity index (χ1) is 18.0. The molecule has 196 valence electrons. The molecular weight excluding hydrogens is 462 g/mol. The van der Waals surface area contributed by atoms with Crippen molar-refractivity contribution in [2.24, 2.45) is 16.8 Å². The van der Waals surface area contributed by atoms with E-state index in [2.05, 4.69) is 26.9 Å². The summed E-state index contributed by atoms with van der Waals surface area (Å²) in [6.07, 6.45) is 15.0. The monoisotopic (exact) mass is 501 g/mol. The van der Waals surface area contributed by atoms with Gasteiger partial charge in [-0.2, -0.15) is 0 Å². The number of hydrogen-bond donors (Lipinski definition) is 1. The van der Waals surface area contributed by atoms with Crippen LogP contribution in [0.25, 0.3) is 0 Å². The number of nitrogens with one attached hydrogen (secondary N) is 1. The Balaban J connectivity index is 1.19. The smallest absolute Gasteiger partial charge is 0.334 e. The second-order valence-corrected chi connectivity index (χ2v) is 12.4. The zero-order valence-electron chi connectivity index (χ0n) is 21.9. The van der Waals surface area contributed by atoms with Crippen molar-refractivity contribution in [2.45, 2.75) is 102 Å². The Morgan fingerprint density at radius 1 is 0.838 bits per heavy atom. The van der Waals surface area contributed by atoms with Gasteiger partial charge in [0.2, 0.25) is 0 Å². The number of benzene rings is 1. The summed E-state index contributed by atoms with van der Waals surface area (Å²) in [5.41, 5.74) is 1.94. The van der Waals surface area contributed by atoms with Crippen LogP contribution in [0.5, 0.6) is 0 Å². The van der Waals surface area contributed by atoms with E-state index in [0.717, 1.165) is 23.6 Å². The van der Waals surface area contributed by atoms with Gasteiger partial charge in [-0.15, -0.1) is 0 Å². The second-order valence-electron chi connectivity index (χ2n) is 12.4. The number of aromatic amines is 1.